The Morgan fingerprint density at radius 1 is 1.50 bits per heavy atom. The Morgan fingerprint density at radius 3 is 2.79 bits per heavy atom. The molecule has 0 heterocycles. The first-order valence-corrected chi connectivity index (χ1v) is 3.97. The van der Waals surface area contributed by atoms with Crippen molar-refractivity contribution in [2.75, 3.05) is 7.05 Å². The summed E-state index contributed by atoms with van der Waals surface area (Å²) in [7, 11) is 1.44. The molecular formula is C9H10F2N2O. The van der Waals surface area contributed by atoms with Crippen LogP contribution in [0.3, 0.4) is 0 Å². The number of hydroxylamine groups is 1. The minimum absolute atomic E-state index is 0.0244. The molecule has 0 saturated carbocycles. The van der Waals surface area contributed by atoms with Gasteiger partial charge < -0.3 is 0 Å². The molecule has 2 N–H and O–H groups in total. The van der Waals surface area contributed by atoms with Crippen molar-refractivity contribution < 1.29 is 14.0 Å². The summed E-state index contributed by atoms with van der Waals surface area (Å²) >= 11 is 0. The maximum absolute atomic E-state index is 13.1. The van der Waals surface area contributed by atoms with Crippen LogP contribution in [0, 0.1) is 11.6 Å². The van der Waals surface area contributed by atoms with E-state index in [0.29, 0.717) is 0 Å². The van der Waals surface area contributed by atoms with E-state index >= 15 is 0 Å². The van der Waals surface area contributed by atoms with Gasteiger partial charge in [0.15, 0.2) is 0 Å². The van der Waals surface area contributed by atoms with Crippen molar-refractivity contribution in [1.82, 2.24) is 5.48 Å². The lowest BCUT2D eigenvalue weighted by Gasteiger charge is -2.04. The molecule has 1 rings (SSSR count). The third kappa shape index (κ3) is 2.50. The highest BCUT2D eigenvalue weighted by atomic mass is 19.1. The zero-order valence-corrected chi connectivity index (χ0v) is 7.59. The average Bonchev–Trinajstić information content (AvgIpc) is 2.19. The van der Waals surface area contributed by atoms with Crippen LogP contribution in [0.4, 0.5) is 8.78 Å². The van der Waals surface area contributed by atoms with Crippen molar-refractivity contribution in [3.05, 3.63) is 35.4 Å². The van der Waals surface area contributed by atoms with E-state index in [9.17, 15) is 8.78 Å². The van der Waals surface area contributed by atoms with Gasteiger partial charge in [-0.2, -0.15) is 0 Å². The highest BCUT2D eigenvalue weighted by molar-refractivity contribution is 5.83. The largest absolute Gasteiger partial charge is 0.290 e. The monoisotopic (exact) mass is 200 g/mol. The van der Waals surface area contributed by atoms with Gasteiger partial charge in [-0.3, -0.25) is 15.7 Å². The van der Waals surface area contributed by atoms with Crippen LogP contribution in [0.1, 0.15) is 5.56 Å². The first-order valence-electron chi connectivity index (χ1n) is 3.97. The lowest BCUT2D eigenvalue weighted by Crippen LogP contribution is -2.21. The summed E-state index contributed by atoms with van der Waals surface area (Å²) in [6, 6.07) is 3.14. The van der Waals surface area contributed by atoms with Gasteiger partial charge in [-0.15, -0.1) is 0 Å². The highest BCUT2D eigenvalue weighted by Gasteiger charge is 2.06. The normalized spacial score (nSPS) is 11.6. The number of benzene rings is 1. The average molecular weight is 200 g/mol. The summed E-state index contributed by atoms with van der Waals surface area (Å²) < 4.78 is 25.8. The van der Waals surface area contributed by atoms with E-state index in [2.05, 4.69) is 4.99 Å². The van der Waals surface area contributed by atoms with Gasteiger partial charge in [-0.1, -0.05) is 0 Å². The zero-order valence-electron chi connectivity index (χ0n) is 7.59. The molecule has 1 aromatic carbocycles. The lowest BCUT2D eigenvalue weighted by atomic mass is 10.1. The van der Waals surface area contributed by atoms with E-state index in [1.165, 1.54) is 7.05 Å². The van der Waals surface area contributed by atoms with Gasteiger partial charge in [-0.05, 0) is 23.8 Å². The molecule has 1 aromatic rings. The smallest absolute Gasteiger partial charge is 0.127 e. The molecule has 14 heavy (non-hydrogen) atoms. The van der Waals surface area contributed by atoms with Gasteiger partial charge in [-0.25, -0.2) is 8.78 Å². The van der Waals surface area contributed by atoms with Crippen molar-refractivity contribution in [2.24, 2.45) is 4.99 Å². The number of hydrogen-bond acceptors (Lipinski definition) is 2. The van der Waals surface area contributed by atoms with Crippen molar-refractivity contribution >= 4 is 5.84 Å². The third-order valence-corrected chi connectivity index (χ3v) is 1.76. The van der Waals surface area contributed by atoms with E-state index in [1.54, 1.807) is 0 Å². The van der Waals surface area contributed by atoms with Gasteiger partial charge in [0.05, 0.1) is 0 Å². The van der Waals surface area contributed by atoms with Crippen LogP contribution in [0.25, 0.3) is 0 Å². The van der Waals surface area contributed by atoms with Crippen LogP contribution >= 0.6 is 0 Å². The number of aliphatic imine (C=N–C) groups is 1. The molecule has 0 amide bonds. The van der Waals surface area contributed by atoms with Crippen LogP contribution in [0.2, 0.25) is 0 Å². The number of rotatable bonds is 2. The molecule has 0 bridgehead atoms. The quantitative estimate of drug-likeness (QED) is 0.432. The predicted octanol–water partition coefficient (Wildman–Crippen LogP) is 1.51. The number of nitrogens with one attached hydrogen (secondary N) is 1. The summed E-state index contributed by atoms with van der Waals surface area (Å²) in [6.07, 6.45) is 0.0244. The van der Waals surface area contributed by atoms with Gasteiger partial charge in [0.25, 0.3) is 0 Å². The van der Waals surface area contributed by atoms with E-state index in [1.807, 2.05) is 5.48 Å². The minimum Gasteiger partial charge on any atom is -0.290 e. The Morgan fingerprint density at radius 2 is 2.21 bits per heavy atom. The van der Waals surface area contributed by atoms with Crippen molar-refractivity contribution in [3.8, 4) is 0 Å². The molecule has 0 atom stereocenters. The van der Waals surface area contributed by atoms with Crippen molar-refractivity contribution in [2.45, 2.75) is 6.42 Å². The Hall–Kier alpha value is -1.49. The zero-order chi connectivity index (χ0) is 10.6. The molecule has 0 fully saturated rings. The molecule has 0 aliphatic heterocycles. The number of halogens is 2. The third-order valence-electron chi connectivity index (χ3n) is 1.76. The summed E-state index contributed by atoms with van der Waals surface area (Å²) in [5.74, 6) is -0.868. The fourth-order valence-corrected chi connectivity index (χ4v) is 1.03. The fraction of sp³-hybridized carbons (Fsp3) is 0.222. The van der Waals surface area contributed by atoms with Crippen LogP contribution in [-0.4, -0.2) is 18.1 Å². The number of amidine groups is 1. The minimum atomic E-state index is -0.525. The summed E-state index contributed by atoms with van der Waals surface area (Å²) in [6.45, 7) is 0. The summed E-state index contributed by atoms with van der Waals surface area (Å²) in [5.41, 5.74) is 1.95. The van der Waals surface area contributed by atoms with Gasteiger partial charge >= 0.3 is 0 Å². The van der Waals surface area contributed by atoms with Gasteiger partial charge in [0.2, 0.25) is 0 Å². The maximum atomic E-state index is 13.1. The summed E-state index contributed by atoms with van der Waals surface area (Å²) in [4.78, 5) is 3.64. The van der Waals surface area contributed by atoms with Gasteiger partial charge in [0.1, 0.15) is 17.5 Å². The second-order valence-corrected chi connectivity index (χ2v) is 2.69. The van der Waals surface area contributed by atoms with Crippen LogP contribution in [-0.2, 0) is 6.42 Å². The van der Waals surface area contributed by atoms with E-state index in [4.69, 9.17) is 5.21 Å². The predicted molar refractivity (Wildman–Crippen MR) is 48.3 cm³/mol. The lowest BCUT2D eigenvalue weighted by molar-refractivity contribution is 0.232. The van der Waals surface area contributed by atoms with E-state index in [0.717, 1.165) is 18.2 Å². The standard InChI is InChI=1S/C9H10F2N2O/c1-12-9(13-14)5-6-4-7(10)2-3-8(6)11/h2-4,14H,5H2,1H3,(H,12,13). The molecule has 0 spiro atoms. The molecule has 0 aliphatic rings. The topological polar surface area (TPSA) is 44.6 Å². The van der Waals surface area contributed by atoms with Crippen LogP contribution in [0.5, 0.6) is 0 Å². The molecule has 0 saturated heterocycles. The number of hydrogen-bond donors (Lipinski definition) is 2. The first kappa shape index (κ1) is 10.6. The van der Waals surface area contributed by atoms with Crippen LogP contribution < -0.4 is 5.48 Å². The highest BCUT2D eigenvalue weighted by Crippen LogP contribution is 2.10. The van der Waals surface area contributed by atoms with Gasteiger partial charge in [0, 0.05) is 13.5 Å². The molecule has 0 radical (unpaired) electrons. The van der Waals surface area contributed by atoms with Crippen molar-refractivity contribution in [3.63, 3.8) is 0 Å². The molecule has 0 unspecified atom stereocenters. The number of nitrogens with zero attached hydrogens (tertiary/aromatic N) is 1. The second kappa shape index (κ2) is 4.66. The molecule has 5 heteroatoms. The molecule has 0 aromatic heterocycles. The molecular weight excluding hydrogens is 190 g/mol. The fourth-order valence-electron chi connectivity index (χ4n) is 1.03. The second-order valence-electron chi connectivity index (χ2n) is 2.69. The van der Waals surface area contributed by atoms with Crippen molar-refractivity contribution in [1.29, 1.82) is 0 Å². The van der Waals surface area contributed by atoms with E-state index < -0.39 is 11.6 Å². The Labute approximate surface area is 80.1 Å². The van der Waals surface area contributed by atoms with E-state index in [-0.39, 0.29) is 17.8 Å². The first-order chi connectivity index (χ1) is 6.67. The molecule has 0 aliphatic carbocycles. The van der Waals surface area contributed by atoms with Crippen LogP contribution in [0.15, 0.2) is 23.2 Å². The molecule has 76 valence electrons. The Bertz CT molecular complexity index is 353. The Kier molecular flexibility index (Phi) is 3.53. The Balaban J connectivity index is 2.90. The summed E-state index contributed by atoms with van der Waals surface area (Å²) in [5, 5.41) is 8.55. The maximum Gasteiger partial charge on any atom is 0.127 e. The SMILES string of the molecule is CN=C(Cc1cc(F)ccc1F)NO. The molecule has 3 nitrogen and oxygen atoms in total.